The first-order chi connectivity index (χ1) is 11.7. The van der Waals surface area contributed by atoms with Crippen molar-refractivity contribution in [3.63, 3.8) is 0 Å². The van der Waals surface area contributed by atoms with Gasteiger partial charge in [-0.05, 0) is 37.3 Å². The summed E-state index contributed by atoms with van der Waals surface area (Å²) in [6, 6.07) is 15.1. The van der Waals surface area contributed by atoms with Crippen LogP contribution in [0.25, 0.3) is 10.9 Å². The molecule has 0 saturated carbocycles. The standard InChI is InChI=1S/C19H20N2O3/c1-13-18(16-5-3-4-6-17(16)21-13)19(22)20-11-12-24-15-9-7-14(23-2)8-10-15/h3-10,21H,11-12H2,1-2H3,(H,20,22). The average molecular weight is 324 g/mol. The molecule has 124 valence electrons. The van der Waals surface area contributed by atoms with Crippen LogP contribution in [0.4, 0.5) is 0 Å². The van der Waals surface area contributed by atoms with Crippen LogP contribution in [0.1, 0.15) is 16.1 Å². The summed E-state index contributed by atoms with van der Waals surface area (Å²) in [7, 11) is 1.62. The molecule has 2 aromatic carbocycles. The number of methoxy groups -OCH3 is 1. The van der Waals surface area contributed by atoms with E-state index in [1.54, 1.807) is 7.11 Å². The molecule has 0 spiro atoms. The fourth-order valence-electron chi connectivity index (χ4n) is 2.66. The van der Waals surface area contributed by atoms with Crippen LogP contribution in [0.3, 0.4) is 0 Å². The van der Waals surface area contributed by atoms with Gasteiger partial charge in [0.25, 0.3) is 5.91 Å². The Morgan fingerprint density at radius 1 is 1.08 bits per heavy atom. The molecule has 0 aliphatic heterocycles. The van der Waals surface area contributed by atoms with Crippen molar-refractivity contribution in [3.8, 4) is 11.5 Å². The molecule has 0 saturated heterocycles. The van der Waals surface area contributed by atoms with Crippen molar-refractivity contribution in [2.24, 2.45) is 0 Å². The smallest absolute Gasteiger partial charge is 0.253 e. The quantitative estimate of drug-likeness (QED) is 0.684. The molecule has 24 heavy (non-hydrogen) atoms. The number of aromatic nitrogens is 1. The molecule has 1 amide bonds. The van der Waals surface area contributed by atoms with Gasteiger partial charge >= 0.3 is 0 Å². The van der Waals surface area contributed by atoms with E-state index < -0.39 is 0 Å². The summed E-state index contributed by atoms with van der Waals surface area (Å²) in [6.07, 6.45) is 0. The van der Waals surface area contributed by atoms with Crippen LogP contribution in [0.5, 0.6) is 11.5 Å². The zero-order chi connectivity index (χ0) is 16.9. The highest BCUT2D eigenvalue weighted by atomic mass is 16.5. The van der Waals surface area contributed by atoms with Crippen LogP contribution in [-0.4, -0.2) is 31.2 Å². The predicted molar refractivity (Wildman–Crippen MR) is 93.9 cm³/mol. The lowest BCUT2D eigenvalue weighted by atomic mass is 10.1. The van der Waals surface area contributed by atoms with Crippen molar-refractivity contribution < 1.29 is 14.3 Å². The van der Waals surface area contributed by atoms with Gasteiger partial charge in [-0.15, -0.1) is 0 Å². The van der Waals surface area contributed by atoms with Crippen LogP contribution in [0.2, 0.25) is 0 Å². The van der Waals surface area contributed by atoms with E-state index >= 15 is 0 Å². The molecule has 0 radical (unpaired) electrons. The molecule has 5 heteroatoms. The zero-order valence-corrected chi connectivity index (χ0v) is 13.8. The van der Waals surface area contributed by atoms with Crippen LogP contribution in [-0.2, 0) is 0 Å². The number of H-pyrrole nitrogens is 1. The van der Waals surface area contributed by atoms with Gasteiger partial charge in [0.2, 0.25) is 0 Å². The van der Waals surface area contributed by atoms with Gasteiger partial charge in [0.15, 0.2) is 0 Å². The third-order valence-electron chi connectivity index (χ3n) is 3.84. The van der Waals surface area contributed by atoms with Crippen LogP contribution < -0.4 is 14.8 Å². The number of aryl methyl sites for hydroxylation is 1. The van der Waals surface area contributed by atoms with E-state index in [0.717, 1.165) is 28.1 Å². The van der Waals surface area contributed by atoms with E-state index in [1.807, 2.05) is 55.5 Å². The van der Waals surface area contributed by atoms with Crippen molar-refractivity contribution in [2.75, 3.05) is 20.3 Å². The van der Waals surface area contributed by atoms with Gasteiger partial charge < -0.3 is 19.8 Å². The Balaban J connectivity index is 1.56. The highest BCUT2D eigenvalue weighted by Gasteiger charge is 2.15. The number of aromatic amines is 1. The molecule has 0 aliphatic carbocycles. The third-order valence-corrected chi connectivity index (χ3v) is 3.84. The topological polar surface area (TPSA) is 63.4 Å². The second-order valence-corrected chi connectivity index (χ2v) is 5.45. The number of ether oxygens (including phenoxy) is 2. The Morgan fingerprint density at radius 3 is 2.54 bits per heavy atom. The van der Waals surface area contributed by atoms with Crippen molar-refractivity contribution >= 4 is 16.8 Å². The number of nitrogens with one attached hydrogen (secondary N) is 2. The fraction of sp³-hybridized carbons (Fsp3) is 0.211. The molecule has 5 nitrogen and oxygen atoms in total. The maximum Gasteiger partial charge on any atom is 0.253 e. The number of para-hydroxylation sites is 1. The van der Waals surface area contributed by atoms with Gasteiger partial charge in [0.05, 0.1) is 19.2 Å². The Bertz CT molecular complexity index is 837. The minimum absolute atomic E-state index is 0.0942. The number of carbonyl (C=O) groups is 1. The normalized spacial score (nSPS) is 10.6. The minimum atomic E-state index is -0.0942. The second kappa shape index (κ2) is 7.08. The Labute approximate surface area is 140 Å². The second-order valence-electron chi connectivity index (χ2n) is 5.45. The van der Waals surface area contributed by atoms with E-state index in [-0.39, 0.29) is 5.91 Å². The fourth-order valence-corrected chi connectivity index (χ4v) is 2.66. The Hall–Kier alpha value is -2.95. The van der Waals surface area contributed by atoms with E-state index in [1.165, 1.54) is 0 Å². The van der Waals surface area contributed by atoms with Gasteiger partial charge in [0, 0.05) is 16.6 Å². The third kappa shape index (κ3) is 3.35. The van der Waals surface area contributed by atoms with E-state index in [4.69, 9.17) is 9.47 Å². The molecule has 1 aromatic heterocycles. The lowest BCUT2D eigenvalue weighted by Gasteiger charge is -2.08. The Morgan fingerprint density at radius 2 is 1.79 bits per heavy atom. The first-order valence-corrected chi connectivity index (χ1v) is 7.81. The minimum Gasteiger partial charge on any atom is -0.497 e. The molecular formula is C19H20N2O3. The summed E-state index contributed by atoms with van der Waals surface area (Å²) in [6.45, 7) is 2.74. The van der Waals surface area contributed by atoms with Gasteiger partial charge in [0.1, 0.15) is 18.1 Å². The van der Waals surface area contributed by atoms with Gasteiger partial charge in [-0.2, -0.15) is 0 Å². The monoisotopic (exact) mass is 324 g/mol. The summed E-state index contributed by atoms with van der Waals surface area (Å²) >= 11 is 0. The molecule has 1 heterocycles. The molecular weight excluding hydrogens is 304 g/mol. The number of fused-ring (bicyclic) bond motifs is 1. The number of carbonyl (C=O) groups excluding carboxylic acids is 1. The van der Waals surface area contributed by atoms with Gasteiger partial charge in [-0.3, -0.25) is 4.79 Å². The maximum absolute atomic E-state index is 12.4. The predicted octanol–water partition coefficient (Wildman–Crippen LogP) is 3.29. The van der Waals surface area contributed by atoms with E-state index in [0.29, 0.717) is 18.7 Å². The first-order valence-electron chi connectivity index (χ1n) is 7.81. The van der Waals surface area contributed by atoms with Gasteiger partial charge in [-0.1, -0.05) is 18.2 Å². The van der Waals surface area contributed by atoms with Crippen LogP contribution in [0, 0.1) is 6.92 Å². The molecule has 0 atom stereocenters. The Kier molecular flexibility index (Phi) is 4.70. The molecule has 0 unspecified atom stereocenters. The maximum atomic E-state index is 12.4. The van der Waals surface area contributed by atoms with Crippen LogP contribution in [0.15, 0.2) is 48.5 Å². The number of amides is 1. The molecule has 0 fully saturated rings. The first kappa shape index (κ1) is 15.9. The van der Waals surface area contributed by atoms with Gasteiger partial charge in [-0.25, -0.2) is 0 Å². The largest absolute Gasteiger partial charge is 0.497 e. The SMILES string of the molecule is COc1ccc(OCCNC(=O)c2c(C)[nH]c3ccccc23)cc1. The summed E-state index contributed by atoms with van der Waals surface area (Å²) in [5.74, 6) is 1.43. The number of hydrogen-bond donors (Lipinski definition) is 2. The lowest BCUT2D eigenvalue weighted by molar-refractivity contribution is 0.0948. The summed E-state index contributed by atoms with van der Waals surface area (Å²) < 4.78 is 10.7. The molecule has 3 aromatic rings. The molecule has 3 rings (SSSR count). The van der Waals surface area contributed by atoms with Crippen molar-refractivity contribution in [1.29, 1.82) is 0 Å². The summed E-state index contributed by atoms with van der Waals surface area (Å²) in [5.41, 5.74) is 2.52. The van der Waals surface area contributed by atoms with E-state index in [2.05, 4.69) is 10.3 Å². The van der Waals surface area contributed by atoms with Crippen molar-refractivity contribution in [1.82, 2.24) is 10.3 Å². The summed E-state index contributed by atoms with van der Waals surface area (Å²) in [4.78, 5) is 15.7. The highest BCUT2D eigenvalue weighted by Crippen LogP contribution is 2.21. The molecule has 2 N–H and O–H groups in total. The molecule has 0 bridgehead atoms. The number of benzene rings is 2. The van der Waals surface area contributed by atoms with E-state index in [9.17, 15) is 4.79 Å². The lowest BCUT2D eigenvalue weighted by Crippen LogP contribution is -2.28. The average Bonchev–Trinajstić information content (AvgIpc) is 2.95. The zero-order valence-electron chi connectivity index (χ0n) is 13.8. The van der Waals surface area contributed by atoms with Crippen LogP contribution >= 0.6 is 0 Å². The van der Waals surface area contributed by atoms with Crippen molar-refractivity contribution in [2.45, 2.75) is 6.92 Å². The summed E-state index contributed by atoms with van der Waals surface area (Å²) in [5, 5.41) is 3.84. The number of rotatable bonds is 6. The molecule has 0 aliphatic rings. The van der Waals surface area contributed by atoms with Crippen molar-refractivity contribution in [3.05, 3.63) is 59.8 Å². The number of hydrogen-bond acceptors (Lipinski definition) is 3. The highest BCUT2D eigenvalue weighted by molar-refractivity contribution is 6.08.